The van der Waals surface area contributed by atoms with Crippen LogP contribution in [0.4, 0.5) is 0 Å². The number of carbonyl (C=O) groups is 1. The molecule has 1 amide bonds. The van der Waals surface area contributed by atoms with Gasteiger partial charge in [0.15, 0.2) is 0 Å². The Morgan fingerprint density at radius 1 is 1.33 bits per heavy atom. The molecule has 1 atom stereocenters. The Kier molecular flexibility index (Phi) is 6.22. The van der Waals surface area contributed by atoms with Crippen molar-refractivity contribution in [1.29, 1.82) is 0 Å². The minimum atomic E-state index is 0.0795. The molecule has 100 valence electrons. The molecule has 0 saturated heterocycles. The van der Waals surface area contributed by atoms with Crippen LogP contribution < -0.4 is 10.6 Å². The van der Waals surface area contributed by atoms with Gasteiger partial charge in [-0.15, -0.1) is 0 Å². The third-order valence-corrected chi connectivity index (χ3v) is 3.99. The van der Waals surface area contributed by atoms with E-state index in [1.165, 1.54) is 16.7 Å². The number of aryl methyl sites for hydroxylation is 2. The summed E-state index contributed by atoms with van der Waals surface area (Å²) >= 11 is 1.65. The number of hydrogen-bond acceptors (Lipinski definition) is 3. The lowest BCUT2D eigenvalue weighted by Gasteiger charge is -2.19. The van der Waals surface area contributed by atoms with Crippen LogP contribution in [-0.4, -0.2) is 31.5 Å². The summed E-state index contributed by atoms with van der Waals surface area (Å²) in [5.74, 6) is 1.49. The average molecular weight is 266 g/mol. The molecule has 0 saturated carbocycles. The largest absolute Gasteiger partial charge is 0.358 e. The first kappa shape index (κ1) is 15.1. The fourth-order valence-corrected chi connectivity index (χ4v) is 2.84. The van der Waals surface area contributed by atoms with Crippen LogP contribution in [0, 0.1) is 13.8 Å². The smallest absolute Gasteiger partial charge is 0.229 e. The summed E-state index contributed by atoms with van der Waals surface area (Å²) in [6.07, 6.45) is 0. The Labute approximate surface area is 114 Å². The Bertz CT molecular complexity index is 407. The summed E-state index contributed by atoms with van der Waals surface area (Å²) in [6, 6.07) is 6.79. The van der Waals surface area contributed by atoms with E-state index in [4.69, 9.17) is 0 Å². The van der Waals surface area contributed by atoms with E-state index in [0.717, 1.165) is 5.75 Å². The van der Waals surface area contributed by atoms with E-state index in [1.54, 1.807) is 18.8 Å². The van der Waals surface area contributed by atoms with Crippen LogP contribution in [0.3, 0.4) is 0 Å². The highest BCUT2D eigenvalue weighted by Crippen LogP contribution is 2.22. The quantitative estimate of drug-likeness (QED) is 0.828. The highest BCUT2D eigenvalue weighted by molar-refractivity contribution is 7.99. The van der Waals surface area contributed by atoms with Crippen molar-refractivity contribution >= 4 is 17.7 Å². The molecule has 1 rings (SSSR count). The maximum Gasteiger partial charge on any atom is 0.229 e. The molecule has 4 heteroatoms. The molecule has 1 aromatic carbocycles. The van der Waals surface area contributed by atoms with Crippen molar-refractivity contribution in [2.24, 2.45) is 0 Å². The third kappa shape index (κ3) is 4.35. The molecule has 0 bridgehead atoms. The minimum absolute atomic E-state index is 0.0795. The number of rotatable bonds is 6. The van der Waals surface area contributed by atoms with Crippen molar-refractivity contribution in [3.05, 3.63) is 34.9 Å². The Balaban J connectivity index is 2.65. The number of thioether (sulfide) groups is 1. The highest BCUT2D eigenvalue weighted by atomic mass is 32.2. The monoisotopic (exact) mass is 266 g/mol. The van der Waals surface area contributed by atoms with Gasteiger partial charge in [0.25, 0.3) is 0 Å². The normalized spacial score (nSPS) is 12.2. The molecule has 2 N–H and O–H groups in total. The zero-order valence-corrected chi connectivity index (χ0v) is 12.4. The highest BCUT2D eigenvalue weighted by Gasteiger charge is 2.12. The van der Waals surface area contributed by atoms with Gasteiger partial charge < -0.3 is 10.6 Å². The van der Waals surface area contributed by atoms with Gasteiger partial charge in [0.05, 0.1) is 5.75 Å². The minimum Gasteiger partial charge on any atom is -0.358 e. The molecule has 1 aromatic rings. The predicted molar refractivity (Wildman–Crippen MR) is 79.1 cm³/mol. The summed E-state index contributed by atoms with van der Waals surface area (Å²) < 4.78 is 0. The first-order valence-corrected chi connectivity index (χ1v) is 7.26. The maximum absolute atomic E-state index is 11.2. The van der Waals surface area contributed by atoms with Gasteiger partial charge in [0.2, 0.25) is 5.91 Å². The number of nitrogens with one attached hydrogen (secondary N) is 2. The van der Waals surface area contributed by atoms with E-state index in [-0.39, 0.29) is 5.91 Å². The van der Waals surface area contributed by atoms with Gasteiger partial charge in [-0.2, -0.15) is 11.8 Å². The molecule has 0 aliphatic heterocycles. The lowest BCUT2D eigenvalue weighted by atomic mass is 10.0. The van der Waals surface area contributed by atoms with Crippen LogP contribution in [0.25, 0.3) is 0 Å². The fourth-order valence-electron chi connectivity index (χ4n) is 1.81. The molecular weight excluding hydrogens is 244 g/mol. The van der Waals surface area contributed by atoms with Gasteiger partial charge in [-0.05, 0) is 32.0 Å². The summed E-state index contributed by atoms with van der Waals surface area (Å²) in [7, 11) is 3.63. The second-order valence-electron chi connectivity index (χ2n) is 4.39. The van der Waals surface area contributed by atoms with E-state index in [2.05, 4.69) is 42.7 Å². The van der Waals surface area contributed by atoms with Crippen LogP contribution >= 0.6 is 11.8 Å². The van der Waals surface area contributed by atoms with Gasteiger partial charge in [-0.25, -0.2) is 0 Å². The predicted octanol–water partition coefficient (Wildman–Crippen LogP) is 2.04. The molecule has 18 heavy (non-hydrogen) atoms. The van der Waals surface area contributed by atoms with E-state index in [1.807, 2.05) is 7.05 Å². The molecule has 3 nitrogen and oxygen atoms in total. The summed E-state index contributed by atoms with van der Waals surface area (Å²) in [5.41, 5.74) is 3.88. The molecule has 1 unspecified atom stereocenters. The Morgan fingerprint density at radius 2 is 2.06 bits per heavy atom. The molecule has 0 aliphatic carbocycles. The van der Waals surface area contributed by atoms with Gasteiger partial charge in [0, 0.05) is 18.8 Å². The van der Waals surface area contributed by atoms with Gasteiger partial charge in [-0.3, -0.25) is 4.79 Å². The Morgan fingerprint density at radius 3 is 2.67 bits per heavy atom. The van der Waals surface area contributed by atoms with Crippen LogP contribution in [0.2, 0.25) is 0 Å². The Hall–Kier alpha value is -1.00. The summed E-state index contributed by atoms with van der Waals surface area (Å²) in [5, 5.41) is 5.96. The maximum atomic E-state index is 11.2. The molecule has 0 heterocycles. The van der Waals surface area contributed by atoms with E-state index in [0.29, 0.717) is 11.8 Å². The molecule has 0 aromatic heterocycles. The molecule has 0 spiro atoms. The van der Waals surface area contributed by atoms with E-state index < -0.39 is 0 Å². The fraction of sp³-hybridized carbons (Fsp3) is 0.500. The third-order valence-electron chi connectivity index (χ3n) is 2.96. The van der Waals surface area contributed by atoms with Crippen LogP contribution in [0.5, 0.6) is 0 Å². The molecule has 0 fully saturated rings. The van der Waals surface area contributed by atoms with Crippen molar-refractivity contribution in [2.75, 3.05) is 25.6 Å². The van der Waals surface area contributed by atoms with Crippen molar-refractivity contribution in [3.8, 4) is 0 Å². The zero-order chi connectivity index (χ0) is 13.5. The van der Waals surface area contributed by atoms with E-state index >= 15 is 0 Å². The number of carbonyl (C=O) groups excluding carboxylic acids is 1. The zero-order valence-electron chi connectivity index (χ0n) is 11.5. The first-order valence-electron chi connectivity index (χ1n) is 6.11. The average Bonchev–Trinajstić information content (AvgIpc) is 2.37. The van der Waals surface area contributed by atoms with Crippen molar-refractivity contribution < 1.29 is 4.79 Å². The van der Waals surface area contributed by atoms with Gasteiger partial charge >= 0.3 is 0 Å². The number of amides is 1. The van der Waals surface area contributed by atoms with Gasteiger partial charge in [0.1, 0.15) is 0 Å². The number of benzene rings is 1. The topological polar surface area (TPSA) is 41.1 Å². The number of hydrogen-bond donors (Lipinski definition) is 2. The van der Waals surface area contributed by atoms with Crippen LogP contribution in [-0.2, 0) is 4.79 Å². The van der Waals surface area contributed by atoms with E-state index in [9.17, 15) is 4.79 Å². The van der Waals surface area contributed by atoms with Crippen molar-refractivity contribution in [1.82, 2.24) is 10.6 Å². The lowest BCUT2D eigenvalue weighted by molar-refractivity contribution is -0.118. The summed E-state index contributed by atoms with van der Waals surface area (Å²) in [6.45, 7) is 4.23. The molecule has 0 aliphatic rings. The second kappa shape index (κ2) is 7.44. The standard InChI is InChI=1S/C14H22N2OS/c1-10-5-6-11(2)12(7-10)13(15-3)8-18-9-14(17)16-4/h5-7,13,15H,8-9H2,1-4H3,(H,16,17). The van der Waals surface area contributed by atoms with Gasteiger partial charge in [-0.1, -0.05) is 23.8 Å². The molecule has 0 radical (unpaired) electrons. The van der Waals surface area contributed by atoms with Crippen LogP contribution in [0.15, 0.2) is 18.2 Å². The van der Waals surface area contributed by atoms with Crippen LogP contribution in [0.1, 0.15) is 22.7 Å². The lowest BCUT2D eigenvalue weighted by Crippen LogP contribution is -2.23. The first-order chi connectivity index (χ1) is 8.58. The van der Waals surface area contributed by atoms with Crippen molar-refractivity contribution in [3.63, 3.8) is 0 Å². The SMILES string of the molecule is CNC(=O)CSCC(NC)c1cc(C)ccc1C. The molecular formula is C14H22N2OS. The second-order valence-corrected chi connectivity index (χ2v) is 5.42. The van der Waals surface area contributed by atoms with Crippen molar-refractivity contribution in [2.45, 2.75) is 19.9 Å². The summed E-state index contributed by atoms with van der Waals surface area (Å²) in [4.78, 5) is 11.2.